The number of benzene rings is 2. The third kappa shape index (κ3) is 5.14. The summed E-state index contributed by atoms with van der Waals surface area (Å²) in [5, 5.41) is 1.13. The maximum absolute atomic E-state index is 11.8. The number of para-hydroxylation sites is 1. The molecule has 0 radical (unpaired) electrons. The Morgan fingerprint density at radius 3 is 2.54 bits per heavy atom. The van der Waals surface area contributed by atoms with Crippen LogP contribution in [0.3, 0.4) is 0 Å². The van der Waals surface area contributed by atoms with Crippen LogP contribution in [0.4, 0.5) is 0 Å². The van der Waals surface area contributed by atoms with Gasteiger partial charge in [-0.1, -0.05) is 48.5 Å². The lowest BCUT2D eigenvalue weighted by Crippen LogP contribution is -2.26. The molecule has 0 saturated carbocycles. The third-order valence-corrected chi connectivity index (χ3v) is 4.24. The molecule has 0 atom stereocenters. The predicted molar refractivity (Wildman–Crippen MR) is 104 cm³/mol. The van der Waals surface area contributed by atoms with Crippen LogP contribution >= 0.6 is 0 Å². The van der Waals surface area contributed by atoms with Crippen molar-refractivity contribution in [3.63, 3.8) is 0 Å². The average Bonchev–Trinajstić information content (AvgIpc) is 2.67. The van der Waals surface area contributed by atoms with Crippen LogP contribution in [0.15, 0.2) is 66.9 Å². The summed E-state index contributed by atoms with van der Waals surface area (Å²) in [6, 6.07) is 20.6. The number of fused-ring (bicyclic) bond motifs is 1. The van der Waals surface area contributed by atoms with Crippen molar-refractivity contribution in [1.82, 2.24) is 9.88 Å². The van der Waals surface area contributed by atoms with E-state index in [1.807, 2.05) is 49.5 Å². The van der Waals surface area contributed by atoms with E-state index in [2.05, 4.69) is 34.1 Å². The predicted octanol–water partition coefficient (Wildman–Crippen LogP) is 4.19. The molecule has 0 aliphatic rings. The van der Waals surface area contributed by atoms with E-state index in [1.165, 1.54) is 5.56 Å². The average molecular weight is 348 g/mol. The van der Waals surface area contributed by atoms with Gasteiger partial charge in [-0.3, -0.25) is 14.7 Å². The van der Waals surface area contributed by atoms with Crippen molar-refractivity contribution in [2.75, 3.05) is 13.2 Å². The maximum Gasteiger partial charge on any atom is 0.307 e. The van der Waals surface area contributed by atoms with E-state index in [1.54, 1.807) is 0 Å². The minimum Gasteiger partial charge on any atom is -0.466 e. The molecule has 0 spiro atoms. The monoisotopic (exact) mass is 348 g/mol. The SMILES string of the molecule is CCOC(=O)CCN(Cc1ccccc1)Cc1cnc2ccccc2c1. The van der Waals surface area contributed by atoms with E-state index in [0.717, 1.165) is 29.6 Å². The summed E-state index contributed by atoms with van der Waals surface area (Å²) in [5.74, 6) is -0.151. The lowest BCUT2D eigenvalue weighted by molar-refractivity contribution is -0.143. The second-order valence-electron chi connectivity index (χ2n) is 6.29. The van der Waals surface area contributed by atoms with Gasteiger partial charge >= 0.3 is 5.97 Å². The van der Waals surface area contributed by atoms with Crippen LogP contribution in [-0.4, -0.2) is 29.0 Å². The number of pyridine rings is 1. The van der Waals surface area contributed by atoms with Gasteiger partial charge in [-0.15, -0.1) is 0 Å². The molecule has 3 rings (SSSR count). The van der Waals surface area contributed by atoms with Crippen molar-refractivity contribution in [2.24, 2.45) is 0 Å². The molecule has 0 bridgehead atoms. The Bertz CT molecular complexity index is 849. The van der Waals surface area contributed by atoms with Crippen LogP contribution in [0.25, 0.3) is 10.9 Å². The molecule has 0 aliphatic heterocycles. The fraction of sp³-hybridized carbons (Fsp3) is 0.273. The number of rotatable bonds is 8. The van der Waals surface area contributed by atoms with Gasteiger partial charge in [0.1, 0.15) is 0 Å². The molecule has 3 aromatic rings. The van der Waals surface area contributed by atoms with Gasteiger partial charge in [0.15, 0.2) is 0 Å². The lowest BCUT2D eigenvalue weighted by Gasteiger charge is -2.22. The second-order valence-corrected chi connectivity index (χ2v) is 6.29. The Morgan fingerprint density at radius 2 is 1.73 bits per heavy atom. The molecule has 1 aromatic heterocycles. The minimum atomic E-state index is -0.151. The van der Waals surface area contributed by atoms with Gasteiger partial charge in [0.25, 0.3) is 0 Å². The van der Waals surface area contributed by atoms with Crippen molar-refractivity contribution in [2.45, 2.75) is 26.4 Å². The normalized spacial score (nSPS) is 11.0. The van der Waals surface area contributed by atoms with E-state index in [0.29, 0.717) is 19.6 Å². The Hall–Kier alpha value is -2.72. The molecule has 0 amide bonds. The van der Waals surface area contributed by atoms with Crippen LogP contribution in [-0.2, 0) is 22.6 Å². The van der Waals surface area contributed by atoms with Gasteiger partial charge in [-0.2, -0.15) is 0 Å². The highest BCUT2D eigenvalue weighted by Crippen LogP contribution is 2.16. The summed E-state index contributed by atoms with van der Waals surface area (Å²) in [6.45, 7) is 4.44. The Morgan fingerprint density at radius 1 is 1.00 bits per heavy atom. The summed E-state index contributed by atoms with van der Waals surface area (Å²) in [5.41, 5.74) is 3.37. The molecule has 4 nitrogen and oxygen atoms in total. The van der Waals surface area contributed by atoms with Crippen molar-refractivity contribution in [3.8, 4) is 0 Å². The zero-order chi connectivity index (χ0) is 18.2. The summed E-state index contributed by atoms with van der Waals surface area (Å²) in [4.78, 5) is 18.6. The third-order valence-electron chi connectivity index (χ3n) is 4.24. The van der Waals surface area contributed by atoms with E-state index in [-0.39, 0.29) is 5.97 Å². The molecular formula is C22H24N2O2. The fourth-order valence-corrected chi connectivity index (χ4v) is 3.00. The van der Waals surface area contributed by atoms with E-state index in [9.17, 15) is 4.79 Å². The number of ether oxygens (including phenoxy) is 1. The summed E-state index contributed by atoms with van der Waals surface area (Å²) >= 11 is 0. The second kappa shape index (κ2) is 9.11. The van der Waals surface area contributed by atoms with Crippen LogP contribution < -0.4 is 0 Å². The van der Waals surface area contributed by atoms with E-state index >= 15 is 0 Å². The first-order valence-electron chi connectivity index (χ1n) is 9.00. The Balaban J connectivity index is 1.73. The Labute approximate surface area is 154 Å². The zero-order valence-electron chi connectivity index (χ0n) is 15.1. The maximum atomic E-state index is 11.8. The van der Waals surface area contributed by atoms with Crippen molar-refractivity contribution < 1.29 is 9.53 Å². The molecular weight excluding hydrogens is 324 g/mol. The topological polar surface area (TPSA) is 42.4 Å². The molecule has 0 N–H and O–H groups in total. The van der Waals surface area contributed by atoms with Crippen LogP contribution in [0, 0.1) is 0 Å². The van der Waals surface area contributed by atoms with Crippen LogP contribution in [0.5, 0.6) is 0 Å². The van der Waals surface area contributed by atoms with Gasteiger partial charge in [-0.25, -0.2) is 0 Å². The van der Waals surface area contributed by atoms with Crippen LogP contribution in [0.2, 0.25) is 0 Å². The molecule has 0 fully saturated rings. The summed E-state index contributed by atoms with van der Waals surface area (Å²) in [7, 11) is 0. The van der Waals surface area contributed by atoms with Gasteiger partial charge < -0.3 is 4.74 Å². The smallest absolute Gasteiger partial charge is 0.307 e. The highest BCUT2D eigenvalue weighted by atomic mass is 16.5. The number of carbonyl (C=O) groups excluding carboxylic acids is 1. The number of carbonyl (C=O) groups is 1. The first-order chi connectivity index (χ1) is 12.7. The molecule has 1 heterocycles. The molecule has 26 heavy (non-hydrogen) atoms. The number of hydrogen-bond acceptors (Lipinski definition) is 4. The van der Waals surface area contributed by atoms with Crippen LogP contribution in [0.1, 0.15) is 24.5 Å². The van der Waals surface area contributed by atoms with E-state index < -0.39 is 0 Å². The van der Waals surface area contributed by atoms with Gasteiger partial charge in [0.05, 0.1) is 18.5 Å². The van der Waals surface area contributed by atoms with Gasteiger partial charge in [0.2, 0.25) is 0 Å². The highest BCUT2D eigenvalue weighted by Gasteiger charge is 2.11. The first kappa shape index (κ1) is 18.1. The van der Waals surface area contributed by atoms with Gasteiger partial charge in [-0.05, 0) is 30.2 Å². The van der Waals surface area contributed by atoms with Crippen molar-refractivity contribution in [3.05, 3.63) is 78.0 Å². The van der Waals surface area contributed by atoms with Crippen molar-refractivity contribution in [1.29, 1.82) is 0 Å². The fourth-order valence-electron chi connectivity index (χ4n) is 3.00. The number of hydrogen-bond donors (Lipinski definition) is 0. The quantitative estimate of drug-likeness (QED) is 0.573. The molecule has 4 heteroatoms. The standard InChI is InChI=1S/C22H24N2O2/c1-2-26-22(25)12-13-24(16-18-8-4-3-5-9-18)17-19-14-20-10-6-7-11-21(20)23-15-19/h3-11,14-15H,2,12-13,16-17H2,1H3. The zero-order valence-corrected chi connectivity index (χ0v) is 15.1. The molecule has 0 unspecified atom stereocenters. The largest absolute Gasteiger partial charge is 0.466 e. The summed E-state index contributed by atoms with van der Waals surface area (Å²) in [6.07, 6.45) is 2.31. The molecule has 0 saturated heterocycles. The minimum absolute atomic E-state index is 0.151. The molecule has 2 aromatic carbocycles. The molecule has 134 valence electrons. The highest BCUT2D eigenvalue weighted by molar-refractivity contribution is 5.78. The Kier molecular flexibility index (Phi) is 6.34. The van der Waals surface area contributed by atoms with E-state index in [4.69, 9.17) is 4.74 Å². The van der Waals surface area contributed by atoms with Gasteiger partial charge in [0, 0.05) is 31.2 Å². The van der Waals surface area contributed by atoms with Crippen molar-refractivity contribution >= 4 is 16.9 Å². The molecule has 0 aliphatic carbocycles. The number of esters is 1. The lowest BCUT2D eigenvalue weighted by atomic mass is 10.1. The first-order valence-corrected chi connectivity index (χ1v) is 9.00. The number of aromatic nitrogens is 1. The summed E-state index contributed by atoms with van der Waals surface area (Å²) < 4.78 is 5.07. The number of nitrogens with zero attached hydrogens (tertiary/aromatic N) is 2.